The van der Waals surface area contributed by atoms with Gasteiger partial charge in [-0.3, -0.25) is 0 Å². The van der Waals surface area contributed by atoms with E-state index in [0.717, 1.165) is 11.3 Å². The van der Waals surface area contributed by atoms with E-state index in [9.17, 15) is 14.5 Å². The number of ether oxygens (including phenoxy) is 1. The van der Waals surface area contributed by atoms with Crippen molar-refractivity contribution in [2.45, 2.75) is 52.7 Å². The van der Waals surface area contributed by atoms with Gasteiger partial charge in [0.05, 0.1) is 0 Å². The predicted octanol–water partition coefficient (Wildman–Crippen LogP) is 3.93. The molecular weight excluding hydrogens is 348 g/mol. The maximum atomic E-state index is 11.6. The third-order valence-corrected chi connectivity index (χ3v) is 2.85. The highest BCUT2D eigenvalue weighted by Gasteiger charge is 2.27. The Bertz CT molecular complexity index is 574. The first-order valence-electron chi connectivity index (χ1n) is 6.40. The number of halogens is 1. The Morgan fingerprint density at radius 3 is 2.00 bits per heavy atom. The van der Waals surface area contributed by atoms with Crippen molar-refractivity contribution < 1.29 is 24.3 Å². The molecule has 0 bridgehead atoms. The lowest BCUT2D eigenvalue weighted by Crippen LogP contribution is -2.25. The second-order valence-corrected chi connectivity index (χ2v) is 7.81. The molecule has 0 radical (unpaired) electrons. The minimum absolute atomic E-state index is 0.00161. The number of rotatable bonds is 3. The van der Waals surface area contributed by atoms with E-state index in [4.69, 9.17) is 21.4 Å². The molecule has 130 valence electrons. The van der Waals surface area contributed by atoms with Gasteiger partial charge in [0.25, 0.3) is 0 Å². The molecule has 0 aromatic carbocycles. The second kappa shape index (κ2) is 8.21. The number of carboxylic acid groups (broad SMARTS) is 1. The van der Waals surface area contributed by atoms with E-state index in [1.165, 1.54) is 0 Å². The molecule has 1 heterocycles. The molecule has 0 unspecified atom stereocenters. The van der Waals surface area contributed by atoms with Gasteiger partial charge in [-0.05, 0) is 41.5 Å². The Labute approximate surface area is 142 Å². The average Bonchev–Trinajstić information content (AvgIpc) is 2.68. The van der Waals surface area contributed by atoms with Gasteiger partial charge in [0.1, 0.15) is 16.1 Å². The summed E-state index contributed by atoms with van der Waals surface area (Å²) in [6.45, 7) is 10.3. The summed E-state index contributed by atoms with van der Waals surface area (Å²) in [7, 11) is 0. The standard InChI is InChI=1S/C9H10ClNO4S.C4H9NO2/c1-9(2,3)15-7(14)4-5(6(12)13)16-8(10)11-4;1-4(2,3)7-5-6/h1-3H3,(H,12,13);1-3H3. The number of carbonyl (C=O) groups excluding carboxylic acids is 1. The van der Waals surface area contributed by atoms with E-state index >= 15 is 0 Å². The monoisotopic (exact) mass is 366 g/mol. The predicted molar refractivity (Wildman–Crippen MR) is 85.9 cm³/mol. The van der Waals surface area contributed by atoms with E-state index in [-0.39, 0.29) is 15.0 Å². The van der Waals surface area contributed by atoms with Crippen LogP contribution in [0.15, 0.2) is 5.34 Å². The Morgan fingerprint density at radius 2 is 1.70 bits per heavy atom. The Kier molecular flexibility index (Phi) is 7.59. The topological polar surface area (TPSA) is 115 Å². The van der Waals surface area contributed by atoms with Gasteiger partial charge in [0.2, 0.25) is 0 Å². The fourth-order valence-electron chi connectivity index (χ4n) is 1.02. The number of thiazole rings is 1. The molecule has 1 aromatic heterocycles. The lowest BCUT2D eigenvalue weighted by atomic mass is 10.2. The van der Waals surface area contributed by atoms with Gasteiger partial charge < -0.3 is 14.7 Å². The number of carboxylic acids is 1. The molecule has 1 rings (SSSR count). The Hall–Kier alpha value is -1.74. The number of carbonyl (C=O) groups is 2. The van der Waals surface area contributed by atoms with Crippen molar-refractivity contribution in [2.24, 2.45) is 5.34 Å². The fourth-order valence-corrected chi connectivity index (χ4v) is 1.95. The van der Waals surface area contributed by atoms with Crippen molar-refractivity contribution in [3.8, 4) is 0 Å². The summed E-state index contributed by atoms with van der Waals surface area (Å²) < 4.78 is 5.01. The molecule has 0 aliphatic rings. The van der Waals surface area contributed by atoms with Gasteiger partial charge in [-0.15, -0.1) is 4.91 Å². The van der Waals surface area contributed by atoms with Crippen molar-refractivity contribution in [1.29, 1.82) is 0 Å². The number of aromatic carboxylic acids is 1. The molecule has 0 aliphatic heterocycles. The highest BCUT2D eigenvalue weighted by molar-refractivity contribution is 7.17. The number of hydrogen-bond acceptors (Lipinski definition) is 8. The highest BCUT2D eigenvalue weighted by Crippen LogP contribution is 2.24. The third kappa shape index (κ3) is 9.09. The van der Waals surface area contributed by atoms with Crippen LogP contribution >= 0.6 is 22.9 Å². The molecule has 1 N–H and O–H groups in total. The lowest BCUT2D eigenvalue weighted by molar-refractivity contribution is -0.00234. The fraction of sp³-hybridized carbons (Fsp3) is 0.615. The van der Waals surface area contributed by atoms with Crippen LogP contribution in [0, 0.1) is 4.91 Å². The number of esters is 1. The van der Waals surface area contributed by atoms with E-state index in [1.54, 1.807) is 41.5 Å². The first-order chi connectivity index (χ1) is 10.3. The van der Waals surface area contributed by atoms with Crippen LogP contribution in [0.2, 0.25) is 4.47 Å². The summed E-state index contributed by atoms with van der Waals surface area (Å²) >= 11 is 6.29. The van der Waals surface area contributed by atoms with E-state index in [1.807, 2.05) is 0 Å². The summed E-state index contributed by atoms with van der Waals surface area (Å²) in [5.74, 6) is -2.03. The van der Waals surface area contributed by atoms with Crippen LogP contribution in [0.25, 0.3) is 0 Å². The molecule has 0 saturated heterocycles. The average molecular weight is 367 g/mol. The zero-order valence-corrected chi connectivity index (χ0v) is 15.2. The van der Waals surface area contributed by atoms with E-state index in [2.05, 4.69) is 15.2 Å². The molecular formula is C13H19ClN2O6S. The molecule has 0 saturated carbocycles. The number of nitrogens with zero attached hydrogens (tertiary/aromatic N) is 2. The number of aromatic nitrogens is 1. The van der Waals surface area contributed by atoms with E-state index in [0.29, 0.717) is 0 Å². The smallest absolute Gasteiger partial charge is 0.359 e. The molecule has 0 spiro atoms. The van der Waals surface area contributed by atoms with Crippen LogP contribution in [0.3, 0.4) is 0 Å². The van der Waals surface area contributed by atoms with Gasteiger partial charge in [-0.1, -0.05) is 22.9 Å². The van der Waals surface area contributed by atoms with Crippen LogP contribution in [-0.4, -0.2) is 33.2 Å². The van der Waals surface area contributed by atoms with Crippen LogP contribution in [0.5, 0.6) is 0 Å². The lowest BCUT2D eigenvalue weighted by Gasteiger charge is -2.18. The molecule has 0 fully saturated rings. The zero-order valence-electron chi connectivity index (χ0n) is 13.7. The highest BCUT2D eigenvalue weighted by atomic mass is 35.5. The summed E-state index contributed by atoms with van der Waals surface area (Å²) in [6.07, 6.45) is 0. The Morgan fingerprint density at radius 1 is 1.17 bits per heavy atom. The summed E-state index contributed by atoms with van der Waals surface area (Å²) in [5.41, 5.74) is -1.39. The number of hydrogen-bond donors (Lipinski definition) is 1. The van der Waals surface area contributed by atoms with Crippen molar-refractivity contribution >= 4 is 34.9 Å². The van der Waals surface area contributed by atoms with Gasteiger partial charge in [0, 0.05) is 0 Å². The first kappa shape index (κ1) is 21.3. The van der Waals surface area contributed by atoms with Crippen molar-refractivity contribution in [2.75, 3.05) is 0 Å². The summed E-state index contributed by atoms with van der Waals surface area (Å²) in [5, 5.41) is 11.1. The summed E-state index contributed by atoms with van der Waals surface area (Å²) in [4.78, 5) is 39.5. The Balaban J connectivity index is 0.000000585. The maximum Gasteiger partial charge on any atom is 0.359 e. The molecule has 23 heavy (non-hydrogen) atoms. The van der Waals surface area contributed by atoms with Crippen molar-refractivity contribution in [3.63, 3.8) is 0 Å². The van der Waals surface area contributed by atoms with Gasteiger partial charge in [-0.2, -0.15) is 0 Å². The van der Waals surface area contributed by atoms with Gasteiger partial charge in [-0.25, -0.2) is 14.6 Å². The van der Waals surface area contributed by atoms with E-state index < -0.39 is 23.1 Å². The summed E-state index contributed by atoms with van der Waals surface area (Å²) in [6, 6.07) is 0. The van der Waals surface area contributed by atoms with Crippen LogP contribution in [-0.2, 0) is 9.57 Å². The molecule has 10 heteroatoms. The first-order valence-corrected chi connectivity index (χ1v) is 7.60. The van der Waals surface area contributed by atoms with Crippen LogP contribution in [0.1, 0.15) is 61.7 Å². The zero-order chi connectivity index (χ0) is 18.4. The molecule has 0 amide bonds. The quantitative estimate of drug-likeness (QED) is 0.489. The van der Waals surface area contributed by atoms with Crippen molar-refractivity contribution in [1.82, 2.24) is 4.98 Å². The molecule has 0 atom stereocenters. The molecule has 1 aromatic rings. The van der Waals surface area contributed by atoms with Crippen molar-refractivity contribution in [3.05, 3.63) is 19.9 Å². The second-order valence-electron chi connectivity index (χ2n) is 6.23. The SMILES string of the molecule is CC(C)(C)OC(=O)c1nc(Cl)sc1C(=O)O.CC(C)(C)ON=O. The largest absolute Gasteiger partial charge is 0.477 e. The molecule has 8 nitrogen and oxygen atoms in total. The van der Waals surface area contributed by atoms with Crippen LogP contribution in [0.4, 0.5) is 0 Å². The van der Waals surface area contributed by atoms with Crippen LogP contribution < -0.4 is 0 Å². The maximum absolute atomic E-state index is 11.6. The minimum Gasteiger partial charge on any atom is -0.477 e. The molecule has 0 aliphatic carbocycles. The third-order valence-electron chi connectivity index (χ3n) is 1.70. The minimum atomic E-state index is -1.25. The van der Waals surface area contributed by atoms with Gasteiger partial charge in [0.15, 0.2) is 15.5 Å². The van der Waals surface area contributed by atoms with Gasteiger partial charge >= 0.3 is 11.9 Å². The normalized spacial score (nSPS) is 11.1.